The standard InChI is InChI=1S/C19H19N5O2/c1-12-3-4-16-15(5-12)19(13(6-20)7-21-16)24-10-17(25)18(11-24)26-14-8-22-23(2)9-14/h3-5,7-9,17-18,25H,10-11H2,1-2H3/t17-,18-/m1/s1. The number of rotatable bonds is 3. The van der Waals surface area contributed by atoms with Gasteiger partial charge in [-0.05, 0) is 19.1 Å². The molecular formula is C19H19N5O2. The predicted molar refractivity (Wildman–Crippen MR) is 97.0 cm³/mol. The molecule has 7 nitrogen and oxygen atoms in total. The van der Waals surface area contributed by atoms with Crippen molar-refractivity contribution >= 4 is 16.6 Å². The molecule has 1 N–H and O–H groups in total. The molecule has 0 aliphatic carbocycles. The van der Waals surface area contributed by atoms with Gasteiger partial charge in [-0.25, -0.2) is 0 Å². The number of nitriles is 1. The molecule has 1 fully saturated rings. The Balaban J connectivity index is 1.69. The summed E-state index contributed by atoms with van der Waals surface area (Å²) in [6.45, 7) is 2.89. The first-order valence-electron chi connectivity index (χ1n) is 8.43. The van der Waals surface area contributed by atoms with Crippen molar-refractivity contribution in [3.8, 4) is 11.8 Å². The van der Waals surface area contributed by atoms with Crippen LogP contribution in [0, 0.1) is 18.3 Å². The monoisotopic (exact) mass is 349 g/mol. The number of pyridine rings is 1. The molecule has 0 saturated carbocycles. The zero-order chi connectivity index (χ0) is 18.3. The molecule has 4 rings (SSSR count). The first-order chi connectivity index (χ1) is 12.5. The number of hydrogen-bond donors (Lipinski definition) is 1. The number of aliphatic hydroxyl groups is 1. The topological polar surface area (TPSA) is 87.2 Å². The van der Waals surface area contributed by atoms with Crippen LogP contribution in [0.3, 0.4) is 0 Å². The van der Waals surface area contributed by atoms with Crippen molar-refractivity contribution in [3.63, 3.8) is 0 Å². The van der Waals surface area contributed by atoms with Gasteiger partial charge >= 0.3 is 0 Å². The molecule has 2 atom stereocenters. The van der Waals surface area contributed by atoms with Crippen molar-refractivity contribution in [1.82, 2.24) is 14.8 Å². The molecule has 7 heteroatoms. The van der Waals surface area contributed by atoms with Crippen molar-refractivity contribution in [1.29, 1.82) is 5.26 Å². The van der Waals surface area contributed by atoms with Crippen LogP contribution < -0.4 is 9.64 Å². The van der Waals surface area contributed by atoms with Crippen molar-refractivity contribution in [2.45, 2.75) is 19.1 Å². The van der Waals surface area contributed by atoms with Gasteiger partial charge in [0.05, 0.1) is 35.7 Å². The van der Waals surface area contributed by atoms with Crippen LogP contribution in [0.1, 0.15) is 11.1 Å². The molecule has 0 spiro atoms. The second kappa shape index (κ2) is 6.32. The number of aromatic nitrogens is 3. The van der Waals surface area contributed by atoms with Gasteiger partial charge in [-0.15, -0.1) is 0 Å². The second-order valence-electron chi connectivity index (χ2n) is 6.63. The number of fused-ring (bicyclic) bond motifs is 1. The average Bonchev–Trinajstić information content (AvgIpc) is 3.19. The second-order valence-corrected chi connectivity index (χ2v) is 6.63. The van der Waals surface area contributed by atoms with Gasteiger partial charge in [0.25, 0.3) is 0 Å². The number of aryl methyl sites for hydroxylation is 2. The van der Waals surface area contributed by atoms with Crippen molar-refractivity contribution in [2.24, 2.45) is 7.05 Å². The van der Waals surface area contributed by atoms with Crippen molar-refractivity contribution in [2.75, 3.05) is 18.0 Å². The fraction of sp³-hybridized carbons (Fsp3) is 0.316. The van der Waals surface area contributed by atoms with E-state index in [4.69, 9.17) is 4.74 Å². The lowest BCUT2D eigenvalue weighted by Crippen LogP contribution is -2.29. The number of anilines is 1. The fourth-order valence-electron chi connectivity index (χ4n) is 3.40. The van der Waals surface area contributed by atoms with Crippen LogP contribution in [0.15, 0.2) is 36.8 Å². The molecule has 2 aromatic heterocycles. The van der Waals surface area contributed by atoms with Gasteiger partial charge in [-0.2, -0.15) is 10.4 Å². The quantitative estimate of drug-likeness (QED) is 0.775. The Morgan fingerprint density at radius 2 is 2.15 bits per heavy atom. The highest BCUT2D eigenvalue weighted by atomic mass is 16.5. The van der Waals surface area contributed by atoms with Gasteiger partial charge in [0.1, 0.15) is 18.3 Å². The Kier molecular flexibility index (Phi) is 3.98. The Morgan fingerprint density at radius 3 is 2.88 bits per heavy atom. The lowest BCUT2D eigenvalue weighted by Gasteiger charge is -2.21. The Bertz CT molecular complexity index is 1010. The van der Waals surface area contributed by atoms with Crippen LogP contribution in [-0.2, 0) is 7.05 Å². The zero-order valence-electron chi connectivity index (χ0n) is 14.6. The van der Waals surface area contributed by atoms with E-state index < -0.39 is 12.2 Å². The first-order valence-corrected chi connectivity index (χ1v) is 8.43. The van der Waals surface area contributed by atoms with Crippen LogP contribution in [0.2, 0.25) is 0 Å². The summed E-state index contributed by atoms with van der Waals surface area (Å²) in [5.41, 5.74) is 3.23. The van der Waals surface area contributed by atoms with Crippen LogP contribution in [-0.4, -0.2) is 45.2 Å². The molecule has 0 amide bonds. The van der Waals surface area contributed by atoms with E-state index in [-0.39, 0.29) is 0 Å². The maximum Gasteiger partial charge on any atom is 0.157 e. The molecule has 3 aromatic rings. The maximum atomic E-state index is 10.5. The Morgan fingerprint density at radius 1 is 1.31 bits per heavy atom. The van der Waals surface area contributed by atoms with Gasteiger partial charge < -0.3 is 14.7 Å². The van der Waals surface area contributed by atoms with Crippen molar-refractivity contribution < 1.29 is 9.84 Å². The molecule has 0 bridgehead atoms. The maximum absolute atomic E-state index is 10.5. The number of nitrogens with zero attached hydrogens (tertiary/aromatic N) is 5. The minimum Gasteiger partial charge on any atom is -0.482 e. The van der Waals surface area contributed by atoms with Gasteiger partial charge in [0.2, 0.25) is 0 Å². The highest BCUT2D eigenvalue weighted by Crippen LogP contribution is 2.33. The van der Waals surface area contributed by atoms with Gasteiger partial charge in [-0.1, -0.05) is 11.6 Å². The highest BCUT2D eigenvalue weighted by Gasteiger charge is 2.35. The molecule has 1 aromatic carbocycles. The van der Waals surface area contributed by atoms with E-state index in [1.165, 1.54) is 0 Å². The molecule has 132 valence electrons. The number of benzene rings is 1. The predicted octanol–water partition coefficient (Wildman–Crippen LogP) is 1.78. The third-order valence-electron chi connectivity index (χ3n) is 4.64. The largest absolute Gasteiger partial charge is 0.482 e. The normalized spacial score (nSPS) is 19.7. The van der Waals surface area contributed by atoms with Crippen LogP contribution in [0.4, 0.5) is 5.69 Å². The average molecular weight is 349 g/mol. The molecule has 0 radical (unpaired) electrons. The summed E-state index contributed by atoms with van der Waals surface area (Å²) < 4.78 is 7.55. The summed E-state index contributed by atoms with van der Waals surface area (Å²) in [6, 6.07) is 8.20. The minimum absolute atomic E-state index is 0.390. The molecule has 1 aliphatic rings. The van der Waals surface area contributed by atoms with Crippen LogP contribution >= 0.6 is 0 Å². The van der Waals surface area contributed by atoms with Gasteiger partial charge in [0, 0.05) is 25.2 Å². The van der Waals surface area contributed by atoms with Crippen molar-refractivity contribution in [3.05, 3.63) is 47.9 Å². The van der Waals surface area contributed by atoms with Crippen LogP contribution in [0.25, 0.3) is 10.9 Å². The smallest absolute Gasteiger partial charge is 0.157 e. The van der Waals surface area contributed by atoms with E-state index in [1.807, 2.05) is 37.1 Å². The van der Waals surface area contributed by atoms with E-state index in [9.17, 15) is 10.4 Å². The fourth-order valence-corrected chi connectivity index (χ4v) is 3.40. The third kappa shape index (κ3) is 2.85. The molecule has 0 unspecified atom stereocenters. The summed E-state index contributed by atoms with van der Waals surface area (Å²) in [7, 11) is 1.81. The Labute approximate surface area is 151 Å². The van der Waals surface area contributed by atoms with E-state index in [0.29, 0.717) is 24.4 Å². The molecular weight excluding hydrogens is 330 g/mol. The molecule has 1 aliphatic heterocycles. The minimum atomic E-state index is -0.658. The van der Waals surface area contributed by atoms with E-state index in [2.05, 4.69) is 16.2 Å². The van der Waals surface area contributed by atoms with E-state index in [0.717, 1.165) is 22.2 Å². The summed E-state index contributed by atoms with van der Waals surface area (Å²) in [6.07, 6.45) is 3.94. The summed E-state index contributed by atoms with van der Waals surface area (Å²) in [5.74, 6) is 0.620. The zero-order valence-corrected chi connectivity index (χ0v) is 14.6. The van der Waals surface area contributed by atoms with E-state index in [1.54, 1.807) is 23.3 Å². The SMILES string of the molecule is Cc1ccc2ncc(C#N)c(N3C[C@@H](O)[C@H](Oc4cnn(C)c4)C3)c2c1. The highest BCUT2D eigenvalue weighted by molar-refractivity contribution is 5.95. The molecule has 26 heavy (non-hydrogen) atoms. The third-order valence-corrected chi connectivity index (χ3v) is 4.64. The van der Waals surface area contributed by atoms with Gasteiger partial charge in [-0.3, -0.25) is 9.67 Å². The lowest BCUT2D eigenvalue weighted by atomic mass is 10.1. The summed E-state index contributed by atoms with van der Waals surface area (Å²) >= 11 is 0. The first kappa shape index (κ1) is 16.4. The number of ether oxygens (including phenoxy) is 1. The molecule has 3 heterocycles. The lowest BCUT2D eigenvalue weighted by molar-refractivity contribution is 0.0737. The Hall–Kier alpha value is -3.11. The molecule has 1 saturated heterocycles. The van der Waals surface area contributed by atoms with Crippen LogP contribution in [0.5, 0.6) is 5.75 Å². The summed E-state index contributed by atoms with van der Waals surface area (Å²) in [4.78, 5) is 6.39. The van der Waals surface area contributed by atoms with E-state index >= 15 is 0 Å². The number of hydrogen-bond acceptors (Lipinski definition) is 6. The summed E-state index contributed by atoms with van der Waals surface area (Å²) in [5, 5.41) is 25.0. The number of aliphatic hydroxyl groups excluding tert-OH is 1. The number of β-amino-alcohol motifs (C(OH)–C–C–N with tert-alkyl or cyclic N) is 1. The van der Waals surface area contributed by atoms with Gasteiger partial charge in [0.15, 0.2) is 5.75 Å².